The van der Waals surface area contributed by atoms with E-state index < -0.39 is 16.7 Å². The molecule has 0 saturated carbocycles. The number of hydrogen-bond acceptors (Lipinski definition) is 4. The van der Waals surface area contributed by atoms with Crippen LogP contribution in [0.15, 0.2) is 18.2 Å². The van der Waals surface area contributed by atoms with E-state index in [1.807, 2.05) is 0 Å². The van der Waals surface area contributed by atoms with Gasteiger partial charge >= 0.3 is 0 Å². The molecule has 0 spiro atoms. The van der Waals surface area contributed by atoms with Crippen molar-refractivity contribution in [1.82, 2.24) is 0 Å². The molecule has 0 fully saturated rings. The van der Waals surface area contributed by atoms with Gasteiger partial charge in [-0.1, -0.05) is 11.6 Å². The predicted octanol–water partition coefficient (Wildman–Crippen LogP) is 0.765. The molecule has 0 aliphatic heterocycles. The van der Waals surface area contributed by atoms with Crippen molar-refractivity contribution in [2.24, 2.45) is 5.73 Å². The molecule has 1 aromatic carbocycles. The molecule has 0 aromatic heterocycles. The van der Waals surface area contributed by atoms with E-state index in [1.54, 1.807) is 6.07 Å². The van der Waals surface area contributed by atoms with Crippen molar-refractivity contribution in [1.29, 1.82) is 0 Å². The molecule has 1 unspecified atom stereocenters. The first kappa shape index (κ1) is 14.7. The minimum absolute atomic E-state index is 0.258. The Hall–Kier alpha value is -1.40. The first-order valence-corrected chi connectivity index (χ1v) is 6.80. The lowest BCUT2D eigenvalue weighted by atomic mass is 10.1. The molecule has 1 amide bonds. The molecule has 18 heavy (non-hydrogen) atoms. The summed E-state index contributed by atoms with van der Waals surface area (Å²) in [4.78, 5) is 22.3. The second kappa shape index (κ2) is 6.51. The lowest BCUT2D eigenvalue weighted by Crippen LogP contribution is -2.23. The highest BCUT2D eigenvalue weighted by Crippen LogP contribution is 2.25. The number of rotatable bonds is 6. The van der Waals surface area contributed by atoms with E-state index in [1.165, 1.54) is 19.2 Å². The van der Waals surface area contributed by atoms with Gasteiger partial charge in [-0.25, -0.2) is 0 Å². The van der Waals surface area contributed by atoms with Crippen molar-refractivity contribution >= 4 is 34.1 Å². The number of benzene rings is 1. The molecule has 1 aromatic rings. The van der Waals surface area contributed by atoms with Gasteiger partial charge in [-0.05, 0) is 18.2 Å². The van der Waals surface area contributed by atoms with Crippen LogP contribution < -0.4 is 10.5 Å². The average molecular weight is 290 g/mol. The number of methoxy groups -OCH3 is 1. The minimum atomic E-state index is -1.59. The Morgan fingerprint density at radius 1 is 1.39 bits per heavy atom. The Labute approximate surface area is 112 Å². The number of amides is 1. The van der Waals surface area contributed by atoms with Gasteiger partial charge in [-0.15, -0.1) is 0 Å². The predicted molar refractivity (Wildman–Crippen MR) is 69.4 cm³/mol. The first-order chi connectivity index (χ1) is 8.43. The molecule has 2 N–H and O–H groups in total. The monoisotopic (exact) mass is 289 g/mol. The Bertz CT molecular complexity index is 504. The number of nitrogens with two attached hydrogens (primary N) is 1. The molecule has 1 atom stereocenters. The molecule has 5 nitrogen and oxygen atoms in total. The van der Waals surface area contributed by atoms with Gasteiger partial charge in [0, 0.05) is 16.4 Å². The third kappa shape index (κ3) is 4.12. The summed E-state index contributed by atoms with van der Waals surface area (Å²) in [5, 5.41) is 0.295. The van der Waals surface area contributed by atoms with Crippen LogP contribution >= 0.6 is 11.6 Å². The molecular formula is C11H12ClNO4S. The maximum Gasteiger partial charge on any atom is 0.230 e. The Morgan fingerprint density at radius 3 is 2.56 bits per heavy atom. The quantitative estimate of drug-likeness (QED) is 0.784. The maximum atomic E-state index is 11.7. The first-order valence-electron chi connectivity index (χ1n) is 4.94. The van der Waals surface area contributed by atoms with Crippen LogP contribution in [0.1, 0.15) is 10.4 Å². The van der Waals surface area contributed by atoms with Crippen molar-refractivity contribution in [3.8, 4) is 5.75 Å². The van der Waals surface area contributed by atoms with Gasteiger partial charge in [0.2, 0.25) is 5.91 Å². The lowest BCUT2D eigenvalue weighted by Gasteiger charge is -2.05. The number of hydrogen-bond donors (Lipinski definition) is 1. The minimum Gasteiger partial charge on any atom is -0.495 e. The Balaban J connectivity index is 2.76. The molecule has 98 valence electrons. The van der Waals surface area contributed by atoms with Crippen molar-refractivity contribution in [2.45, 2.75) is 0 Å². The normalized spacial score (nSPS) is 11.9. The molecule has 0 saturated heterocycles. The number of ketones is 1. The third-order valence-electron chi connectivity index (χ3n) is 2.07. The standard InChI is InChI=1S/C11H12ClNO4S/c1-17-10-3-2-7(4-8(10)12)9(14)5-18(16)6-11(13)15/h2-4H,5-6H2,1H3,(H2,13,15). The summed E-state index contributed by atoms with van der Waals surface area (Å²) in [6, 6.07) is 4.51. The van der Waals surface area contributed by atoms with E-state index in [9.17, 15) is 13.8 Å². The zero-order valence-electron chi connectivity index (χ0n) is 9.64. The van der Waals surface area contributed by atoms with Gasteiger partial charge in [0.05, 0.1) is 17.9 Å². The molecule has 1 rings (SSSR count). The van der Waals surface area contributed by atoms with Crippen molar-refractivity contribution in [3.05, 3.63) is 28.8 Å². The number of carbonyl (C=O) groups is 2. The number of carbonyl (C=O) groups excluding carboxylic acids is 2. The van der Waals surface area contributed by atoms with Crippen LogP contribution in [0.25, 0.3) is 0 Å². The summed E-state index contributed by atoms with van der Waals surface area (Å²) in [7, 11) is -0.130. The Morgan fingerprint density at radius 2 is 2.06 bits per heavy atom. The highest BCUT2D eigenvalue weighted by Gasteiger charge is 2.14. The van der Waals surface area contributed by atoms with E-state index >= 15 is 0 Å². The highest BCUT2D eigenvalue weighted by molar-refractivity contribution is 7.86. The molecular weight excluding hydrogens is 278 g/mol. The topological polar surface area (TPSA) is 86.5 Å². The summed E-state index contributed by atoms with van der Waals surface area (Å²) in [6.07, 6.45) is 0. The number of Topliss-reactive ketones (excluding diaryl/α,β-unsaturated/α-hetero) is 1. The summed E-state index contributed by atoms with van der Waals surface area (Å²) in [6.45, 7) is 0. The van der Waals surface area contributed by atoms with Gasteiger partial charge in [-0.3, -0.25) is 13.8 Å². The fraction of sp³-hybridized carbons (Fsp3) is 0.273. The fourth-order valence-corrected chi connectivity index (χ4v) is 2.42. The van der Waals surface area contributed by atoms with Crippen LogP contribution in [0.5, 0.6) is 5.75 Å². The van der Waals surface area contributed by atoms with E-state index in [2.05, 4.69) is 0 Å². The smallest absolute Gasteiger partial charge is 0.230 e. The molecule has 7 heteroatoms. The van der Waals surface area contributed by atoms with Gasteiger partial charge in [0.25, 0.3) is 0 Å². The average Bonchev–Trinajstić information content (AvgIpc) is 2.27. The van der Waals surface area contributed by atoms with Gasteiger partial charge in [-0.2, -0.15) is 0 Å². The van der Waals surface area contributed by atoms with E-state index in [0.717, 1.165) is 0 Å². The number of ether oxygens (including phenoxy) is 1. The largest absolute Gasteiger partial charge is 0.495 e. The molecule has 0 radical (unpaired) electrons. The van der Waals surface area contributed by atoms with Crippen molar-refractivity contribution in [2.75, 3.05) is 18.6 Å². The fourth-order valence-electron chi connectivity index (χ4n) is 1.28. The number of primary amides is 1. The summed E-state index contributed by atoms with van der Waals surface area (Å²) < 4.78 is 16.3. The maximum absolute atomic E-state index is 11.7. The molecule has 0 heterocycles. The van der Waals surface area contributed by atoms with Gasteiger partial charge in [0.1, 0.15) is 11.5 Å². The highest BCUT2D eigenvalue weighted by atomic mass is 35.5. The lowest BCUT2D eigenvalue weighted by molar-refractivity contribution is -0.115. The van der Waals surface area contributed by atoms with Crippen LogP contribution in [0, 0.1) is 0 Å². The molecule has 0 bridgehead atoms. The van der Waals surface area contributed by atoms with E-state index in [0.29, 0.717) is 16.3 Å². The number of halogens is 1. The molecule has 0 aliphatic rings. The van der Waals surface area contributed by atoms with Crippen LogP contribution in [0.3, 0.4) is 0 Å². The second-order valence-electron chi connectivity index (χ2n) is 3.47. The SMILES string of the molecule is COc1ccc(C(=O)CS(=O)CC(N)=O)cc1Cl. The van der Waals surface area contributed by atoms with Crippen LogP contribution in [0.4, 0.5) is 0 Å². The van der Waals surface area contributed by atoms with Crippen molar-refractivity contribution in [3.63, 3.8) is 0 Å². The summed E-state index contributed by atoms with van der Waals surface area (Å²) >= 11 is 5.87. The van der Waals surface area contributed by atoms with Crippen LogP contribution in [0.2, 0.25) is 5.02 Å². The molecule has 0 aliphatic carbocycles. The van der Waals surface area contributed by atoms with Crippen molar-refractivity contribution < 1.29 is 18.5 Å². The zero-order chi connectivity index (χ0) is 13.7. The van der Waals surface area contributed by atoms with E-state index in [-0.39, 0.29) is 17.3 Å². The van der Waals surface area contributed by atoms with Crippen LogP contribution in [-0.4, -0.2) is 34.5 Å². The second-order valence-corrected chi connectivity index (χ2v) is 5.33. The van der Waals surface area contributed by atoms with Crippen LogP contribution in [-0.2, 0) is 15.6 Å². The zero-order valence-corrected chi connectivity index (χ0v) is 11.2. The van der Waals surface area contributed by atoms with Gasteiger partial charge in [0.15, 0.2) is 5.78 Å². The Kier molecular flexibility index (Phi) is 5.30. The van der Waals surface area contributed by atoms with Gasteiger partial charge < -0.3 is 10.5 Å². The summed E-state index contributed by atoms with van der Waals surface area (Å²) in [5.74, 6) is -1.19. The van der Waals surface area contributed by atoms with E-state index in [4.69, 9.17) is 22.1 Å². The summed E-state index contributed by atoms with van der Waals surface area (Å²) in [5.41, 5.74) is 5.21. The third-order valence-corrected chi connectivity index (χ3v) is 3.56.